The maximum absolute atomic E-state index is 6.59. The zero-order valence-electron chi connectivity index (χ0n) is 15.2. The summed E-state index contributed by atoms with van der Waals surface area (Å²) in [7, 11) is 2.25. The molecule has 2 aliphatic heterocycles. The predicted molar refractivity (Wildman–Crippen MR) is 97.4 cm³/mol. The number of piperazine rings is 1. The quantitative estimate of drug-likeness (QED) is 0.701. The third-order valence-electron chi connectivity index (χ3n) is 5.59. The van der Waals surface area contributed by atoms with E-state index in [0.29, 0.717) is 6.54 Å². The number of ether oxygens (including phenoxy) is 1. The zero-order chi connectivity index (χ0) is 17.9. The molecule has 0 radical (unpaired) electrons. The zero-order valence-corrected chi connectivity index (χ0v) is 16.0. The smallest absolute Gasteiger partial charge is 0.214 e. The van der Waals surface area contributed by atoms with Crippen LogP contribution in [-0.2, 0) is 11.3 Å². The van der Waals surface area contributed by atoms with Crippen molar-refractivity contribution in [1.82, 2.24) is 20.2 Å². The van der Waals surface area contributed by atoms with Gasteiger partial charge in [0, 0.05) is 12.2 Å². The summed E-state index contributed by atoms with van der Waals surface area (Å²) in [4.78, 5) is 3.05. The van der Waals surface area contributed by atoms with E-state index in [1.807, 2.05) is 22.9 Å². The fourth-order valence-corrected chi connectivity index (χ4v) is 4.31. The van der Waals surface area contributed by atoms with Gasteiger partial charge in [-0.05, 0) is 29.3 Å². The van der Waals surface area contributed by atoms with Crippen molar-refractivity contribution in [1.29, 1.82) is 0 Å². The van der Waals surface area contributed by atoms with Gasteiger partial charge in [-0.1, -0.05) is 29.8 Å². The Morgan fingerprint density at radius 1 is 1.27 bits per heavy atom. The minimum atomic E-state index is 0.0493. The van der Waals surface area contributed by atoms with Crippen LogP contribution in [0.4, 0.5) is 0 Å². The average Bonchev–Trinajstić information content (AvgIpc) is 3.31. The van der Waals surface area contributed by atoms with Gasteiger partial charge in [0.05, 0.1) is 24.7 Å². The Labute approximate surface area is 158 Å². The van der Waals surface area contributed by atoms with Crippen LogP contribution in [0.2, 0.25) is 5.02 Å². The molecule has 0 spiro atoms. The van der Waals surface area contributed by atoms with Crippen LogP contribution in [0.5, 0.6) is 0 Å². The van der Waals surface area contributed by atoms with Gasteiger partial charge >= 0.3 is 0 Å². The summed E-state index contributed by atoms with van der Waals surface area (Å²) in [5.41, 5.74) is 1.10. The van der Waals surface area contributed by atoms with Gasteiger partial charge in [0.1, 0.15) is 26.2 Å². The van der Waals surface area contributed by atoms with E-state index in [1.165, 1.54) is 4.90 Å². The normalized spacial score (nSPS) is 27.5. The Morgan fingerprint density at radius 2 is 2.08 bits per heavy atom. The van der Waals surface area contributed by atoms with Gasteiger partial charge in [0.25, 0.3) is 0 Å². The molecule has 0 unspecified atom stereocenters. The molecule has 140 valence electrons. The molecular weight excluding hydrogens is 352 g/mol. The van der Waals surface area contributed by atoms with Crippen LogP contribution in [0.1, 0.15) is 30.3 Å². The number of hydrogen-bond acceptors (Lipinski definition) is 4. The standard InChI is InChI=1S/C18H25ClN6O/c1-23-8-10-24(11-9-23)17(15-6-2-3-7-16(15)19)18-20-21-22-25(18)13-14-5-4-12-26-14/h2-3,6-7,14,17H,4-5,8-13H2,1H3/p+2/t14-,17-/m1/s1. The molecule has 1 aromatic carbocycles. The molecule has 0 amide bonds. The molecule has 3 heterocycles. The summed E-state index contributed by atoms with van der Waals surface area (Å²) in [5, 5.41) is 13.5. The third kappa shape index (κ3) is 3.76. The first kappa shape index (κ1) is 17.9. The Kier molecular flexibility index (Phi) is 5.49. The number of rotatable bonds is 5. The van der Waals surface area contributed by atoms with Gasteiger partial charge < -0.3 is 14.5 Å². The first-order chi connectivity index (χ1) is 12.7. The van der Waals surface area contributed by atoms with E-state index < -0.39 is 0 Å². The Balaban J connectivity index is 1.67. The van der Waals surface area contributed by atoms with Gasteiger partial charge in [0.15, 0.2) is 6.04 Å². The molecule has 0 saturated carbocycles. The van der Waals surface area contributed by atoms with Crippen LogP contribution >= 0.6 is 11.6 Å². The summed E-state index contributed by atoms with van der Waals surface area (Å²) in [5.74, 6) is 0.892. The number of likely N-dealkylation sites (N-methyl/N-ethyl adjacent to an activating group) is 1. The lowest BCUT2D eigenvalue weighted by atomic mass is 10.0. The largest absolute Gasteiger partial charge is 0.376 e. The minimum Gasteiger partial charge on any atom is -0.376 e. The molecule has 2 fully saturated rings. The van der Waals surface area contributed by atoms with E-state index in [9.17, 15) is 0 Å². The molecule has 0 bridgehead atoms. The average molecular weight is 379 g/mol. The van der Waals surface area contributed by atoms with Crippen LogP contribution in [0.15, 0.2) is 24.3 Å². The summed E-state index contributed by atoms with van der Waals surface area (Å²) < 4.78 is 7.73. The van der Waals surface area contributed by atoms with E-state index in [4.69, 9.17) is 16.3 Å². The second-order valence-corrected chi connectivity index (χ2v) is 7.83. The number of tetrazole rings is 1. The monoisotopic (exact) mass is 378 g/mol. The van der Waals surface area contributed by atoms with Crippen molar-refractivity contribution in [3.8, 4) is 0 Å². The van der Waals surface area contributed by atoms with Gasteiger partial charge in [-0.3, -0.25) is 0 Å². The van der Waals surface area contributed by atoms with Crippen LogP contribution in [0.25, 0.3) is 0 Å². The first-order valence-corrected chi connectivity index (χ1v) is 9.88. The molecule has 2 aromatic rings. The second kappa shape index (κ2) is 8.00. The van der Waals surface area contributed by atoms with Crippen molar-refractivity contribution < 1.29 is 14.5 Å². The Morgan fingerprint density at radius 3 is 2.81 bits per heavy atom. The molecule has 8 heteroatoms. The van der Waals surface area contributed by atoms with E-state index in [2.05, 4.69) is 28.6 Å². The van der Waals surface area contributed by atoms with Crippen LogP contribution in [-0.4, -0.2) is 66.1 Å². The van der Waals surface area contributed by atoms with Gasteiger partial charge in [-0.25, -0.2) is 4.68 Å². The number of quaternary nitrogens is 2. The maximum Gasteiger partial charge on any atom is 0.214 e. The first-order valence-electron chi connectivity index (χ1n) is 9.50. The highest BCUT2D eigenvalue weighted by Gasteiger charge is 2.36. The van der Waals surface area contributed by atoms with Crippen LogP contribution < -0.4 is 9.80 Å². The molecule has 1 aromatic heterocycles. The van der Waals surface area contributed by atoms with E-state index in [-0.39, 0.29) is 12.1 Å². The van der Waals surface area contributed by atoms with Crippen LogP contribution in [0, 0.1) is 0 Å². The fraction of sp³-hybridized carbons (Fsp3) is 0.611. The molecular formula is C18H27ClN6O+2. The number of benzene rings is 1. The lowest BCUT2D eigenvalue weighted by molar-refractivity contribution is -1.02. The van der Waals surface area contributed by atoms with Crippen molar-refractivity contribution in [3.05, 3.63) is 40.7 Å². The summed E-state index contributed by atoms with van der Waals surface area (Å²) >= 11 is 6.59. The van der Waals surface area contributed by atoms with E-state index >= 15 is 0 Å². The lowest BCUT2D eigenvalue weighted by Gasteiger charge is -2.33. The molecule has 2 aliphatic rings. The van der Waals surface area contributed by atoms with Gasteiger partial charge in [0.2, 0.25) is 5.82 Å². The molecule has 4 rings (SSSR count). The highest BCUT2D eigenvalue weighted by Crippen LogP contribution is 2.25. The summed E-state index contributed by atoms with van der Waals surface area (Å²) in [6.45, 7) is 5.99. The molecule has 2 N–H and O–H groups in total. The highest BCUT2D eigenvalue weighted by molar-refractivity contribution is 6.31. The molecule has 0 aliphatic carbocycles. The topological polar surface area (TPSA) is 61.7 Å². The predicted octanol–water partition coefficient (Wildman–Crippen LogP) is -0.992. The number of nitrogens with one attached hydrogen (secondary N) is 2. The van der Waals surface area contributed by atoms with Crippen molar-refractivity contribution in [3.63, 3.8) is 0 Å². The number of halogens is 1. The summed E-state index contributed by atoms with van der Waals surface area (Å²) in [6.07, 6.45) is 2.39. The Hall–Kier alpha value is -1.54. The molecule has 7 nitrogen and oxygen atoms in total. The van der Waals surface area contributed by atoms with Crippen molar-refractivity contribution in [2.45, 2.75) is 31.5 Å². The molecule has 2 saturated heterocycles. The number of hydrogen-bond donors (Lipinski definition) is 2. The van der Waals surface area contributed by atoms with Crippen molar-refractivity contribution in [2.75, 3.05) is 39.8 Å². The van der Waals surface area contributed by atoms with E-state index in [1.54, 1.807) is 4.90 Å². The number of nitrogens with zero attached hydrogens (tertiary/aromatic N) is 4. The van der Waals surface area contributed by atoms with Crippen LogP contribution in [0.3, 0.4) is 0 Å². The molecule has 26 heavy (non-hydrogen) atoms. The van der Waals surface area contributed by atoms with E-state index in [0.717, 1.165) is 62.0 Å². The summed E-state index contributed by atoms with van der Waals surface area (Å²) in [6, 6.07) is 8.13. The van der Waals surface area contributed by atoms with Gasteiger partial charge in [-0.2, -0.15) is 0 Å². The number of aromatic nitrogens is 4. The highest BCUT2D eigenvalue weighted by atomic mass is 35.5. The van der Waals surface area contributed by atoms with Crippen molar-refractivity contribution in [2.24, 2.45) is 0 Å². The fourth-order valence-electron chi connectivity index (χ4n) is 4.07. The SMILES string of the molecule is C[NH+]1CC[NH+]([C@H](c2ccccc2Cl)c2nnnn2C[C@H]2CCCO2)CC1. The van der Waals surface area contributed by atoms with Gasteiger partial charge in [-0.15, -0.1) is 5.10 Å². The Bertz CT molecular complexity index is 724. The maximum atomic E-state index is 6.59. The van der Waals surface area contributed by atoms with Crippen molar-refractivity contribution >= 4 is 11.6 Å². The third-order valence-corrected chi connectivity index (χ3v) is 5.93. The lowest BCUT2D eigenvalue weighted by Crippen LogP contribution is -3.27. The second-order valence-electron chi connectivity index (χ2n) is 7.42. The molecule has 2 atom stereocenters. The minimum absolute atomic E-state index is 0.0493.